The van der Waals surface area contributed by atoms with Crippen LogP contribution in [-0.2, 0) is 0 Å². The van der Waals surface area contributed by atoms with Crippen LogP contribution in [0.2, 0.25) is 0 Å². The molecule has 0 aromatic carbocycles. The topological polar surface area (TPSA) is 120 Å². The van der Waals surface area contributed by atoms with Crippen molar-refractivity contribution < 1.29 is 4.79 Å². The Kier molecular flexibility index (Phi) is 4.63. The summed E-state index contributed by atoms with van der Waals surface area (Å²) < 4.78 is 1.40. The number of piperazine rings is 1. The number of nitriles is 1. The van der Waals surface area contributed by atoms with E-state index in [1.54, 1.807) is 9.91 Å². The number of carbonyl (C=O) groups is 1. The highest BCUT2D eigenvalue weighted by Crippen LogP contribution is 2.28. The minimum Gasteiger partial charge on any atom is -0.321 e. The van der Waals surface area contributed by atoms with Crippen LogP contribution < -0.4 is 10.9 Å². The first-order valence-corrected chi connectivity index (χ1v) is 9.25. The van der Waals surface area contributed by atoms with E-state index in [-0.39, 0.29) is 17.9 Å². The molecule has 10 nitrogen and oxygen atoms in total. The van der Waals surface area contributed by atoms with Gasteiger partial charge in [0.1, 0.15) is 12.4 Å². The molecule has 1 amide bonds. The summed E-state index contributed by atoms with van der Waals surface area (Å²) >= 11 is 0. The molecule has 4 rings (SSSR count). The van der Waals surface area contributed by atoms with E-state index in [1.807, 2.05) is 13.1 Å². The Balaban J connectivity index is 1.72. The van der Waals surface area contributed by atoms with Crippen molar-refractivity contribution in [1.82, 2.24) is 29.3 Å². The lowest BCUT2D eigenvalue weighted by Gasteiger charge is -2.32. The lowest BCUT2D eigenvalue weighted by molar-refractivity contribution is 0.156. The molecule has 1 saturated carbocycles. The SMILES string of the molecule is CN1CCN(C(=O)n2cnc3c(N(N)C4CCCC4)nc(C#N)nc32)CC1. The summed E-state index contributed by atoms with van der Waals surface area (Å²) in [6.07, 6.45) is 5.64. The van der Waals surface area contributed by atoms with Crippen molar-refractivity contribution in [2.45, 2.75) is 31.7 Å². The molecular weight excluding hydrogens is 346 g/mol. The third kappa shape index (κ3) is 3.20. The molecule has 1 aliphatic carbocycles. The summed E-state index contributed by atoms with van der Waals surface area (Å²) in [5, 5.41) is 10.9. The third-order valence-corrected chi connectivity index (χ3v) is 5.42. The molecule has 1 saturated heterocycles. The number of fused-ring (bicyclic) bond motifs is 1. The highest BCUT2D eigenvalue weighted by Gasteiger charge is 2.28. The summed E-state index contributed by atoms with van der Waals surface area (Å²) in [4.78, 5) is 29.8. The van der Waals surface area contributed by atoms with Crippen LogP contribution in [-0.4, -0.2) is 74.6 Å². The van der Waals surface area contributed by atoms with E-state index < -0.39 is 0 Å². The number of rotatable bonds is 2. The maximum atomic E-state index is 13.0. The first-order valence-electron chi connectivity index (χ1n) is 9.25. The zero-order chi connectivity index (χ0) is 19.0. The number of aromatic nitrogens is 4. The first-order chi connectivity index (χ1) is 13.1. The van der Waals surface area contributed by atoms with Gasteiger partial charge in [-0.25, -0.2) is 20.2 Å². The largest absolute Gasteiger partial charge is 0.331 e. The minimum atomic E-state index is -0.191. The lowest BCUT2D eigenvalue weighted by atomic mass is 10.2. The second-order valence-electron chi connectivity index (χ2n) is 7.19. The number of hydrogen-bond acceptors (Lipinski definition) is 8. The summed E-state index contributed by atoms with van der Waals surface area (Å²) in [6.45, 7) is 2.92. The number of nitrogens with two attached hydrogens (primary N) is 1. The van der Waals surface area contributed by atoms with Crippen LogP contribution in [0.4, 0.5) is 10.6 Å². The minimum absolute atomic E-state index is 0.0149. The fourth-order valence-electron chi connectivity index (χ4n) is 3.76. The Morgan fingerprint density at radius 2 is 1.96 bits per heavy atom. The van der Waals surface area contributed by atoms with E-state index in [1.165, 1.54) is 10.9 Å². The van der Waals surface area contributed by atoms with Gasteiger partial charge in [-0.3, -0.25) is 5.01 Å². The molecule has 2 aromatic heterocycles. The second kappa shape index (κ2) is 7.09. The predicted molar refractivity (Wildman–Crippen MR) is 98.8 cm³/mol. The van der Waals surface area contributed by atoms with Crippen molar-refractivity contribution in [3.8, 4) is 6.07 Å². The quantitative estimate of drug-likeness (QED) is 0.601. The molecule has 0 spiro atoms. The Morgan fingerprint density at radius 3 is 2.63 bits per heavy atom. The molecular formula is C17H23N9O. The Bertz CT molecular complexity index is 888. The molecule has 1 aliphatic heterocycles. The van der Waals surface area contributed by atoms with Crippen LogP contribution >= 0.6 is 0 Å². The average Bonchev–Trinajstić information content (AvgIpc) is 3.36. The van der Waals surface area contributed by atoms with Crippen molar-refractivity contribution in [2.24, 2.45) is 5.84 Å². The molecule has 3 heterocycles. The van der Waals surface area contributed by atoms with Gasteiger partial charge in [0.05, 0.1) is 0 Å². The Labute approximate surface area is 157 Å². The van der Waals surface area contributed by atoms with Gasteiger partial charge in [0, 0.05) is 32.2 Å². The van der Waals surface area contributed by atoms with Gasteiger partial charge in [-0.1, -0.05) is 12.8 Å². The number of likely N-dealkylation sites (N-methyl/N-ethyl adjacent to an activating group) is 1. The molecule has 0 atom stereocenters. The normalized spacial score (nSPS) is 18.8. The lowest BCUT2D eigenvalue weighted by Crippen LogP contribution is -2.48. The molecule has 0 unspecified atom stereocenters. The van der Waals surface area contributed by atoms with Gasteiger partial charge in [-0.15, -0.1) is 0 Å². The molecule has 10 heteroatoms. The van der Waals surface area contributed by atoms with Crippen LogP contribution in [0.5, 0.6) is 0 Å². The number of nitrogens with zero attached hydrogens (tertiary/aromatic N) is 8. The van der Waals surface area contributed by atoms with E-state index in [0.29, 0.717) is 30.1 Å². The summed E-state index contributed by atoms with van der Waals surface area (Å²) in [7, 11) is 2.03. The number of anilines is 1. The number of amides is 1. The van der Waals surface area contributed by atoms with Crippen LogP contribution in [0, 0.1) is 11.3 Å². The third-order valence-electron chi connectivity index (χ3n) is 5.42. The van der Waals surface area contributed by atoms with E-state index >= 15 is 0 Å². The fourth-order valence-corrected chi connectivity index (χ4v) is 3.76. The molecule has 0 radical (unpaired) electrons. The monoisotopic (exact) mass is 369 g/mol. The molecule has 142 valence electrons. The molecule has 27 heavy (non-hydrogen) atoms. The fraction of sp³-hybridized carbons (Fsp3) is 0.588. The maximum absolute atomic E-state index is 13.0. The van der Waals surface area contributed by atoms with Gasteiger partial charge in [-0.2, -0.15) is 15.2 Å². The van der Waals surface area contributed by atoms with E-state index in [9.17, 15) is 10.1 Å². The number of hydrogen-bond donors (Lipinski definition) is 1. The van der Waals surface area contributed by atoms with E-state index in [2.05, 4.69) is 19.9 Å². The van der Waals surface area contributed by atoms with Crippen LogP contribution in [0.3, 0.4) is 0 Å². The predicted octanol–water partition coefficient (Wildman–Crippen LogP) is 0.536. The maximum Gasteiger partial charge on any atom is 0.331 e. The summed E-state index contributed by atoms with van der Waals surface area (Å²) in [5.74, 6) is 6.71. The van der Waals surface area contributed by atoms with Crippen LogP contribution in [0.1, 0.15) is 31.5 Å². The molecule has 2 aromatic rings. The number of imidazole rings is 1. The molecule has 2 fully saturated rings. The van der Waals surface area contributed by atoms with E-state index in [0.717, 1.165) is 38.8 Å². The average molecular weight is 369 g/mol. The van der Waals surface area contributed by atoms with E-state index in [4.69, 9.17) is 5.84 Å². The van der Waals surface area contributed by atoms with Gasteiger partial charge in [0.2, 0.25) is 5.82 Å². The number of hydrazine groups is 1. The highest BCUT2D eigenvalue weighted by molar-refractivity contribution is 5.92. The Hall–Kier alpha value is -2.77. The van der Waals surface area contributed by atoms with Gasteiger partial charge in [-0.05, 0) is 19.9 Å². The van der Waals surface area contributed by atoms with Crippen molar-refractivity contribution in [2.75, 3.05) is 38.2 Å². The van der Waals surface area contributed by atoms with Gasteiger partial charge < -0.3 is 9.80 Å². The summed E-state index contributed by atoms with van der Waals surface area (Å²) in [5.41, 5.74) is 0.778. The van der Waals surface area contributed by atoms with Crippen LogP contribution in [0.15, 0.2) is 6.33 Å². The highest BCUT2D eigenvalue weighted by atomic mass is 16.2. The van der Waals surface area contributed by atoms with Crippen molar-refractivity contribution in [3.05, 3.63) is 12.2 Å². The standard InChI is InChI=1S/C17H23N9O/c1-23-6-8-24(9-7-23)17(27)25-11-20-14-15(25)21-13(10-18)22-16(14)26(19)12-4-2-3-5-12/h11-12H,2-9,19H2,1H3. The van der Waals surface area contributed by atoms with Gasteiger partial charge in [0.25, 0.3) is 0 Å². The Morgan fingerprint density at radius 1 is 1.26 bits per heavy atom. The second-order valence-corrected chi connectivity index (χ2v) is 7.19. The van der Waals surface area contributed by atoms with Crippen LogP contribution in [0.25, 0.3) is 11.2 Å². The van der Waals surface area contributed by atoms with Gasteiger partial charge >= 0.3 is 6.03 Å². The van der Waals surface area contributed by atoms with Crippen molar-refractivity contribution in [1.29, 1.82) is 5.26 Å². The van der Waals surface area contributed by atoms with Crippen molar-refractivity contribution in [3.63, 3.8) is 0 Å². The molecule has 2 N–H and O–H groups in total. The molecule has 0 bridgehead atoms. The zero-order valence-corrected chi connectivity index (χ0v) is 15.4. The van der Waals surface area contributed by atoms with Crippen molar-refractivity contribution >= 4 is 23.0 Å². The first kappa shape index (κ1) is 17.6. The zero-order valence-electron chi connectivity index (χ0n) is 15.4. The smallest absolute Gasteiger partial charge is 0.321 e. The molecule has 2 aliphatic rings. The number of carbonyl (C=O) groups excluding carboxylic acids is 1. The van der Waals surface area contributed by atoms with Gasteiger partial charge in [0.15, 0.2) is 17.0 Å². The summed E-state index contributed by atoms with van der Waals surface area (Å²) in [6, 6.07) is 1.94.